The lowest BCUT2D eigenvalue weighted by Gasteiger charge is -2.18. The first-order chi connectivity index (χ1) is 13.6. The zero-order chi connectivity index (χ0) is 20.2. The van der Waals surface area contributed by atoms with E-state index in [0.29, 0.717) is 32.0 Å². The van der Waals surface area contributed by atoms with E-state index in [4.69, 9.17) is 4.74 Å². The highest BCUT2D eigenvalue weighted by Gasteiger charge is 2.09. The number of halogens is 1. The minimum absolute atomic E-state index is 0. The molecular formula is C22H31IN4O2. The van der Waals surface area contributed by atoms with Crippen molar-refractivity contribution in [2.45, 2.75) is 26.4 Å². The molecule has 0 aliphatic rings. The van der Waals surface area contributed by atoms with Crippen LogP contribution in [-0.2, 0) is 17.9 Å². The molecule has 6 nitrogen and oxygen atoms in total. The fourth-order valence-corrected chi connectivity index (χ4v) is 2.71. The van der Waals surface area contributed by atoms with Crippen LogP contribution in [0.5, 0.6) is 5.75 Å². The molecule has 0 spiro atoms. The molecular weight excluding hydrogens is 479 g/mol. The number of methoxy groups -OCH3 is 1. The first-order valence-corrected chi connectivity index (χ1v) is 9.55. The van der Waals surface area contributed by atoms with Gasteiger partial charge in [-0.05, 0) is 30.2 Å². The lowest BCUT2D eigenvalue weighted by molar-refractivity contribution is -0.130. The van der Waals surface area contributed by atoms with Gasteiger partial charge in [-0.3, -0.25) is 4.79 Å². The topological polar surface area (TPSA) is 66.0 Å². The third-order valence-corrected chi connectivity index (χ3v) is 4.22. The Balaban J connectivity index is 0.00000420. The van der Waals surface area contributed by atoms with E-state index in [0.717, 1.165) is 23.4 Å². The number of ether oxygens (including phenoxy) is 1. The van der Waals surface area contributed by atoms with Crippen LogP contribution in [0.3, 0.4) is 0 Å². The van der Waals surface area contributed by atoms with Crippen molar-refractivity contribution in [1.29, 1.82) is 0 Å². The van der Waals surface area contributed by atoms with Crippen LogP contribution in [0, 0.1) is 0 Å². The predicted molar refractivity (Wildman–Crippen MR) is 129 cm³/mol. The molecule has 0 atom stereocenters. The molecule has 7 heteroatoms. The van der Waals surface area contributed by atoms with Crippen LogP contribution in [0.25, 0.3) is 0 Å². The van der Waals surface area contributed by atoms with Gasteiger partial charge in [0, 0.05) is 33.1 Å². The standard InChI is InChI=1S/C22H30N4O2.HI/c1-4-23-22(25-16-19-11-8-12-20(15-19)28-3)24-14-13-21(27)26(2)17-18-9-6-5-7-10-18;/h5-12,15H,4,13-14,16-17H2,1-3H3,(H2,23,24,25);1H. The molecule has 0 unspecified atom stereocenters. The molecule has 1 amide bonds. The van der Waals surface area contributed by atoms with E-state index in [1.165, 1.54) is 0 Å². The number of amides is 1. The lowest BCUT2D eigenvalue weighted by atomic mass is 10.2. The normalized spacial score (nSPS) is 10.7. The molecule has 2 aromatic carbocycles. The number of carbonyl (C=O) groups is 1. The summed E-state index contributed by atoms with van der Waals surface area (Å²) in [6.45, 7) is 4.45. The highest BCUT2D eigenvalue weighted by molar-refractivity contribution is 14.0. The van der Waals surface area contributed by atoms with Crippen LogP contribution >= 0.6 is 24.0 Å². The zero-order valence-corrected chi connectivity index (χ0v) is 19.7. The van der Waals surface area contributed by atoms with Gasteiger partial charge in [-0.1, -0.05) is 42.5 Å². The minimum atomic E-state index is 0. The average Bonchev–Trinajstić information content (AvgIpc) is 2.72. The molecule has 0 aromatic heterocycles. The smallest absolute Gasteiger partial charge is 0.224 e. The largest absolute Gasteiger partial charge is 0.497 e. The Morgan fingerprint density at radius 1 is 1.07 bits per heavy atom. The van der Waals surface area contributed by atoms with Crippen LogP contribution in [0.4, 0.5) is 0 Å². The summed E-state index contributed by atoms with van der Waals surface area (Å²) < 4.78 is 5.24. The molecule has 0 saturated carbocycles. The SMILES string of the molecule is CCNC(=NCc1cccc(OC)c1)NCCC(=O)N(C)Cc1ccccc1.I. The van der Waals surface area contributed by atoms with E-state index in [-0.39, 0.29) is 29.9 Å². The zero-order valence-electron chi connectivity index (χ0n) is 17.4. The number of hydrogen-bond donors (Lipinski definition) is 2. The highest BCUT2D eigenvalue weighted by Crippen LogP contribution is 2.13. The predicted octanol–water partition coefficient (Wildman–Crippen LogP) is 3.42. The Hall–Kier alpha value is -2.29. The number of aliphatic imine (C=N–C) groups is 1. The molecule has 0 fully saturated rings. The van der Waals surface area contributed by atoms with Crippen molar-refractivity contribution in [1.82, 2.24) is 15.5 Å². The van der Waals surface area contributed by atoms with Crippen molar-refractivity contribution in [3.8, 4) is 5.75 Å². The Kier molecular flexibility index (Phi) is 11.8. The Bertz CT molecular complexity index is 768. The van der Waals surface area contributed by atoms with Crippen molar-refractivity contribution in [3.63, 3.8) is 0 Å². The summed E-state index contributed by atoms with van der Waals surface area (Å²) in [6.07, 6.45) is 0.410. The van der Waals surface area contributed by atoms with E-state index >= 15 is 0 Å². The van der Waals surface area contributed by atoms with Crippen molar-refractivity contribution < 1.29 is 9.53 Å². The Morgan fingerprint density at radius 2 is 1.79 bits per heavy atom. The maximum atomic E-state index is 12.3. The number of rotatable bonds is 9. The second-order valence-electron chi connectivity index (χ2n) is 6.46. The van der Waals surface area contributed by atoms with Gasteiger partial charge in [0.05, 0.1) is 13.7 Å². The Morgan fingerprint density at radius 3 is 2.48 bits per heavy atom. The van der Waals surface area contributed by atoms with Crippen molar-refractivity contribution in [2.75, 3.05) is 27.2 Å². The lowest BCUT2D eigenvalue weighted by Crippen LogP contribution is -2.39. The van der Waals surface area contributed by atoms with E-state index in [2.05, 4.69) is 15.6 Å². The summed E-state index contributed by atoms with van der Waals surface area (Å²) in [5.41, 5.74) is 2.19. The van der Waals surface area contributed by atoms with Gasteiger partial charge in [-0.2, -0.15) is 0 Å². The van der Waals surface area contributed by atoms with Gasteiger partial charge >= 0.3 is 0 Å². The van der Waals surface area contributed by atoms with Crippen molar-refractivity contribution >= 4 is 35.8 Å². The maximum Gasteiger partial charge on any atom is 0.224 e. The molecule has 2 aromatic rings. The van der Waals surface area contributed by atoms with Crippen molar-refractivity contribution in [3.05, 3.63) is 65.7 Å². The average molecular weight is 510 g/mol. The summed E-state index contributed by atoms with van der Waals surface area (Å²) in [4.78, 5) is 18.7. The van der Waals surface area contributed by atoms with Gasteiger partial charge in [-0.15, -0.1) is 24.0 Å². The summed E-state index contributed by atoms with van der Waals surface area (Å²) in [5, 5.41) is 6.44. The molecule has 158 valence electrons. The third kappa shape index (κ3) is 9.17. The number of carbonyl (C=O) groups excluding carboxylic acids is 1. The second-order valence-corrected chi connectivity index (χ2v) is 6.46. The first-order valence-electron chi connectivity index (χ1n) is 9.55. The Labute approximate surface area is 190 Å². The van der Waals surface area contributed by atoms with Crippen LogP contribution < -0.4 is 15.4 Å². The number of benzene rings is 2. The van der Waals surface area contributed by atoms with E-state index in [9.17, 15) is 4.79 Å². The van der Waals surface area contributed by atoms with Gasteiger partial charge in [0.25, 0.3) is 0 Å². The fourth-order valence-electron chi connectivity index (χ4n) is 2.71. The quantitative estimate of drug-likeness (QED) is 0.308. The summed E-state index contributed by atoms with van der Waals surface area (Å²) >= 11 is 0. The monoisotopic (exact) mass is 510 g/mol. The van der Waals surface area contributed by atoms with Crippen LogP contribution in [0.2, 0.25) is 0 Å². The molecule has 0 saturated heterocycles. The molecule has 0 aliphatic heterocycles. The first kappa shape index (κ1) is 24.7. The fraction of sp³-hybridized carbons (Fsp3) is 0.364. The summed E-state index contributed by atoms with van der Waals surface area (Å²) in [7, 11) is 3.48. The van der Waals surface area contributed by atoms with Crippen LogP contribution in [-0.4, -0.2) is 44.0 Å². The molecule has 0 aliphatic carbocycles. The molecule has 2 rings (SSSR count). The van der Waals surface area contributed by atoms with Gasteiger partial charge in [-0.25, -0.2) is 4.99 Å². The van der Waals surface area contributed by atoms with E-state index in [1.54, 1.807) is 12.0 Å². The van der Waals surface area contributed by atoms with E-state index in [1.807, 2.05) is 68.6 Å². The van der Waals surface area contributed by atoms with Gasteiger partial charge in [0.2, 0.25) is 5.91 Å². The molecule has 0 bridgehead atoms. The van der Waals surface area contributed by atoms with E-state index < -0.39 is 0 Å². The number of guanidine groups is 1. The second kappa shape index (κ2) is 13.8. The number of hydrogen-bond acceptors (Lipinski definition) is 3. The molecule has 0 heterocycles. The number of nitrogens with zero attached hydrogens (tertiary/aromatic N) is 2. The van der Waals surface area contributed by atoms with Crippen molar-refractivity contribution in [2.24, 2.45) is 4.99 Å². The molecule has 2 N–H and O–H groups in total. The van der Waals surface area contributed by atoms with Gasteiger partial charge in [0.1, 0.15) is 5.75 Å². The van der Waals surface area contributed by atoms with Gasteiger partial charge in [0.15, 0.2) is 5.96 Å². The molecule has 29 heavy (non-hydrogen) atoms. The van der Waals surface area contributed by atoms with Crippen LogP contribution in [0.15, 0.2) is 59.6 Å². The maximum absolute atomic E-state index is 12.3. The highest BCUT2D eigenvalue weighted by atomic mass is 127. The van der Waals surface area contributed by atoms with Gasteiger partial charge < -0.3 is 20.3 Å². The summed E-state index contributed by atoms with van der Waals surface area (Å²) in [5.74, 6) is 1.61. The third-order valence-electron chi connectivity index (χ3n) is 4.22. The van der Waals surface area contributed by atoms with Crippen LogP contribution in [0.1, 0.15) is 24.5 Å². The minimum Gasteiger partial charge on any atom is -0.497 e. The molecule has 0 radical (unpaired) electrons. The number of nitrogens with one attached hydrogen (secondary N) is 2. The summed E-state index contributed by atoms with van der Waals surface area (Å²) in [6, 6.07) is 17.8.